The fourth-order valence-corrected chi connectivity index (χ4v) is 4.49. The number of esters is 1. The molecule has 0 heterocycles. The summed E-state index contributed by atoms with van der Waals surface area (Å²) >= 11 is 0. The van der Waals surface area contributed by atoms with E-state index >= 15 is 0 Å². The standard InChI is InChI=1S/C24H27NO4/c1-2-28-22(26)15-21(16-8-4-3-5-9-16)29-24(27)25-23-19-12-6-10-17(19)14-18-11-7-13-20(18)23/h3-5,8-9,14,21H,2,6-7,10-13,15H2,1H3,(H,25,27). The minimum Gasteiger partial charge on any atom is -0.466 e. The summed E-state index contributed by atoms with van der Waals surface area (Å²) in [5.74, 6) is -0.379. The Bertz CT molecular complexity index is 875. The molecule has 0 bridgehead atoms. The molecule has 1 unspecified atom stereocenters. The minimum absolute atomic E-state index is 0.00369. The fraction of sp³-hybridized carbons (Fsp3) is 0.417. The van der Waals surface area contributed by atoms with Gasteiger partial charge >= 0.3 is 12.1 Å². The summed E-state index contributed by atoms with van der Waals surface area (Å²) in [5.41, 5.74) is 6.94. The number of aryl methyl sites for hydroxylation is 2. The van der Waals surface area contributed by atoms with Gasteiger partial charge in [-0.1, -0.05) is 36.4 Å². The Labute approximate surface area is 171 Å². The van der Waals surface area contributed by atoms with Crippen molar-refractivity contribution in [2.24, 2.45) is 0 Å². The SMILES string of the molecule is CCOC(=O)CC(OC(=O)Nc1c2c(cc3c1CCC3)CCC2)c1ccccc1. The lowest BCUT2D eigenvalue weighted by atomic mass is 9.99. The molecule has 5 heteroatoms. The largest absolute Gasteiger partial charge is 0.466 e. The van der Waals surface area contributed by atoms with Gasteiger partial charge in [0.15, 0.2) is 0 Å². The van der Waals surface area contributed by atoms with Gasteiger partial charge in [0.05, 0.1) is 18.7 Å². The summed E-state index contributed by atoms with van der Waals surface area (Å²) in [5, 5.41) is 3.03. The van der Waals surface area contributed by atoms with Crippen LogP contribution in [0.15, 0.2) is 36.4 Å². The molecule has 5 nitrogen and oxygen atoms in total. The van der Waals surface area contributed by atoms with Crippen LogP contribution >= 0.6 is 0 Å². The number of hydrogen-bond donors (Lipinski definition) is 1. The maximum absolute atomic E-state index is 12.8. The lowest BCUT2D eigenvalue weighted by Gasteiger charge is -2.20. The molecule has 2 aromatic rings. The van der Waals surface area contributed by atoms with Crippen LogP contribution < -0.4 is 5.32 Å². The predicted molar refractivity (Wildman–Crippen MR) is 111 cm³/mol. The number of ether oxygens (including phenoxy) is 2. The van der Waals surface area contributed by atoms with E-state index in [1.54, 1.807) is 6.92 Å². The first kappa shape index (κ1) is 19.5. The molecule has 2 aliphatic rings. The topological polar surface area (TPSA) is 64.6 Å². The third-order valence-corrected chi connectivity index (χ3v) is 5.78. The molecule has 1 atom stereocenters. The molecule has 0 aromatic heterocycles. The molecule has 2 aliphatic carbocycles. The van der Waals surface area contributed by atoms with E-state index in [2.05, 4.69) is 11.4 Å². The van der Waals surface area contributed by atoms with Gasteiger partial charge in [0.2, 0.25) is 0 Å². The highest BCUT2D eigenvalue weighted by atomic mass is 16.6. The number of benzene rings is 2. The molecule has 4 rings (SSSR count). The average Bonchev–Trinajstić information content (AvgIpc) is 3.37. The summed E-state index contributed by atoms with van der Waals surface area (Å²) in [6, 6.07) is 11.7. The molecule has 29 heavy (non-hydrogen) atoms. The van der Waals surface area contributed by atoms with Crippen molar-refractivity contribution in [3.63, 3.8) is 0 Å². The summed E-state index contributed by atoms with van der Waals surface area (Å²) in [4.78, 5) is 24.9. The zero-order valence-electron chi connectivity index (χ0n) is 16.8. The first-order valence-corrected chi connectivity index (χ1v) is 10.5. The van der Waals surface area contributed by atoms with E-state index in [-0.39, 0.29) is 12.4 Å². The summed E-state index contributed by atoms with van der Waals surface area (Å²) in [7, 11) is 0. The third kappa shape index (κ3) is 4.29. The molecule has 0 spiro atoms. The predicted octanol–water partition coefficient (Wildman–Crippen LogP) is 4.91. The van der Waals surface area contributed by atoms with E-state index in [1.807, 2.05) is 30.3 Å². The Morgan fingerprint density at radius 2 is 1.66 bits per heavy atom. The van der Waals surface area contributed by atoms with Crippen molar-refractivity contribution in [3.8, 4) is 0 Å². The number of carbonyl (C=O) groups is 2. The van der Waals surface area contributed by atoms with Crippen LogP contribution in [0.5, 0.6) is 0 Å². The van der Waals surface area contributed by atoms with Crippen molar-refractivity contribution in [1.29, 1.82) is 0 Å². The molecule has 0 aliphatic heterocycles. The van der Waals surface area contributed by atoms with E-state index in [0.717, 1.165) is 49.8 Å². The average molecular weight is 393 g/mol. The van der Waals surface area contributed by atoms with Crippen LogP contribution in [0.1, 0.15) is 60.1 Å². The van der Waals surface area contributed by atoms with Crippen molar-refractivity contribution < 1.29 is 19.1 Å². The highest BCUT2D eigenvalue weighted by molar-refractivity contribution is 5.88. The Balaban J connectivity index is 1.54. The second-order valence-electron chi connectivity index (χ2n) is 7.67. The number of fused-ring (bicyclic) bond motifs is 2. The Kier molecular flexibility index (Phi) is 5.84. The maximum atomic E-state index is 12.8. The number of amides is 1. The third-order valence-electron chi connectivity index (χ3n) is 5.78. The van der Waals surface area contributed by atoms with Crippen molar-refractivity contribution in [2.45, 2.75) is 58.0 Å². The maximum Gasteiger partial charge on any atom is 0.412 e. The second kappa shape index (κ2) is 8.68. The van der Waals surface area contributed by atoms with Gasteiger partial charge in [0, 0.05) is 0 Å². The highest BCUT2D eigenvalue weighted by Gasteiger charge is 2.27. The number of hydrogen-bond acceptors (Lipinski definition) is 4. The van der Waals surface area contributed by atoms with Crippen LogP contribution in [0.25, 0.3) is 0 Å². The van der Waals surface area contributed by atoms with Crippen molar-refractivity contribution >= 4 is 17.7 Å². The van der Waals surface area contributed by atoms with Crippen molar-refractivity contribution in [2.75, 3.05) is 11.9 Å². The zero-order chi connectivity index (χ0) is 20.2. The van der Waals surface area contributed by atoms with Gasteiger partial charge in [-0.05, 0) is 73.3 Å². The zero-order valence-corrected chi connectivity index (χ0v) is 16.8. The Hall–Kier alpha value is -2.82. The monoisotopic (exact) mass is 393 g/mol. The summed E-state index contributed by atoms with van der Waals surface area (Å²) < 4.78 is 10.8. The van der Waals surface area contributed by atoms with Crippen LogP contribution in [0.2, 0.25) is 0 Å². The molecular formula is C24H27NO4. The number of carbonyl (C=O) groups excluding carboxylic acids is 2. The number of anilines is 1. The smallest absolute Gasteiger partial charge is 0.412 e. The molecule has 1 amide bonds. The quantitative estimate of drug-likeness (QED) is 0.709. The van der Waals surface area contributed by atoms with E-state index in [0.29, 0.717) is 6.61 Å². The second-order valence-corrected chi connectivity index (χ2v) is 7.67. The van der Waals surface area contributed by atoms with E-state index in [9.17, 15) is 9.59 Å². The minimum atomic E-state index is -0.681. The molecule has 0 saturated heterocycles. The molecule has 0 radical (unpaired) electrons. The normalized spacial score (nSPS) is 15.3. The molecule has 1 N–H and O–H groups in total. The molecule has 2 aromatic carbocycles. The van der Waals surface area contributed by atoms with E-state index < -0.39 is 12.2 Å². The Morgan fingerprint density at radius 1 is 1.00 bits per heavy atom. The van der Waals surface area contributed by atoms with Gasteiger partial charge in [-0.3, -0.25) is 10.1 Å². The first-order chi connectivity index (χ1) is 14.2. The summed E-state index contributed by atoms with van der Waals surface area (Å²) in [6.07, 6.45) is 5.17. The molecule has 0 fully saturated rings. The number of rotatable bonds is 6. The first-order valence-electron chi connectivity index (χ1n) is 10.5. The van der Waals surface area contributed by atoms with E-state index in [1.165, 1.54) is 22.3 Å². The lowest BCUT2D eigenvalue weighted by molar-refractivity contribution is -0.145. The van der Waals surface area contributed by atoms with Gasteiger partial charge in [-0.25, -0.2) is 4.79 Å². The molecule has 152 valence electrons. The van der Waals surface area contributed by atoms with Crippen LogP contribution in [-0.4, -0.2) is 18.7 Å². The molecule has 0 saturated carbocycles. The van der Waals surface area contributed by atoms with Gasteiger partial charge < -0.3 is 9.47 Å². The van der Waals surface area contributed by atoms with Gasteiger partial charge in [-0.15, -0.1) is 0 Å². The molecular weight excluding hydrogens is 366 g/mol. The highest BCUT2D eigenvalue weighted by Crippen LogP contribution is 2.39. The fourth-order valence-electron chi connectivity index (χ4n) is 4.49. The van der Waals surface area contributed by atoms with Crippen molar-refractivity contribution in [1.82, 2.24) is 0 Å². The van der Waals surface area contributed by atoms with Crippen LogP contribution in [-0.2, 0) is 40.0 Å². The van der Waals surface area contributed by atoms with Crippen LogP contribution in [0, 0.1) is 0 Å². The van der Waals surface area contributed by atoms with Gasteiger partial charge in [0.1, 0.15) is 6.10 Å². The van der Waals surface area contributed by atoms with Gasteiger partial charge in [-0.2, -0.15) is 0 Å². The van der Waals surface area contributed by atoms with Gasteiger partial charge in [0.25, 0.3) is 0 Å². The van der Waals surface area contributed by atoms with Crippen LogP contribution in [0.3, 0.4) is 0 Å². The van der Waals surface area contributed by atoms with Crippen molar-refractivity contribution in [3.05, 3.63) is 64.2 Å². The number of nitrogens with one attached hydrogen (secondary N) is 1. The Morgan fingerprint density at radius 3 is 2.28 bits per heavy atom. The van der Waals surface area contributed by atoms with E-state index in [4.69, 9.17) is 9.47 Å². The summed E-state index contributed by atoms with van der Waals surface area (Å²) in [6.45, 7) is 2.06. The lowest BCUT2D eigenvalue weighted by Crippen LogP contribution is -2.22. The van der Waals surface area contributed by atoms with Crippen LogP contribution in [0.4, 0.5) is 10.5 Å².